The number of halogens is 1. The predicted molar refractivity (Wildman–Crippen MR) is 163 cm³/mol. The minimum Gasteiger partial charge on any atom is -0.465 e. The molecular weight excluding hydrogens is 552 g/mol. The van der Waals surface area contributed by atoms with E-state index in [-0.39, 0.29) is 22.6 Å². The molecule has 0 aliphatic heterocycles. The summed E-state index contributed by atoms with van der Waals surface area (Å²) in [5.41, 5.74) is 2.47. The highest BCUT2D eigenvalue weighted by atomic mass is 35.5. The van der Waals surface area contributed by atoms with Crippen LogP contribution in [0.15, 0.2) is 54.9 Å². The molecule has 0 spiro atoms. The molecule has 4 aliphatic rings. The van der Waals surface area contributed by atoms with Crippen LogP contribution in [0.1, 0.15) is 75.2 Å². The van der Waals surface area contributed by atoms with E-state index in [0.717, 1.165) is 23.4 Å². The number of benzene rings is 1. The maximum Gasteiger partial charge on any atom is 0.421 e. The van der Waals surface area contributed by atoms with Gasteiger partial charge >= 0.3 is 12.1 Å². The molecule has 1 N–H and O–H groups in total. The number of hydrogen-bond donors (Lipinski definition) is 1. The van der Waals surface area contributed by atoms with Crippen molar-refractivity contribution >= 4 is 46.7 Å². The number of nitrogens with zero attached hydrogens (tertiary/aromatic N) is 3. The summed E-state index contributed by atoms with van der Waals surface area (Å²) in [6.45, 7) is 5.30. The van der Waals surface area contributed by atoms with Crippen LogP contribution in [0.3, 0.4) is 0 Å². The third-order valence-corrected chi connectivity index (χ3v) is 9.17. The number of methoxy groups -OCH3 is 1. The van der Waals surface area contributed by atoms with Crippen molar-refractivity contribution in [3.8, 4) is 0 Å². The zero-order chi connectivity index (χ0) is 29.6. The zero-order valence-electron chi connectivity index (χ0n) is 24.5. The monoisotopic (exact) mass is 588 g/mol. The van der Waals surface area contributed by atoms with Gasteiger partial charge in [-0.15, -0.1) is 0 Å². The van der Waals surface area contributed by atoms with E-state index in [1.54, 1.807) is 45.2 Å². The molecule has 42 heavy (non-hydrogen) atoms. The fourth-order valence-electron chi connectivity index (χ4n) is 7.60. The third-order valence-electron chi connectivity index (χ3n) is 8.86. The van der Waals surface area contributed by atoms with Crippen LogP contribution in [0.2, 0.25) is 5.02 Å². The second-order valence-corrected chi connectivity index (χ2v) is 13.5. The number of carbonyl (C=O) groups is 2. The number of pyridine rings is 2. The molecule has 220 valence electrons. The van der Waals surface area contributed by atoms with E-state index in [0.29, 0.717) is 10.7 Å². The van der Waals surface area contributed by atoms with Gasteiger partial charge in [0.15, 0.2) is 5.82 Å². The molecule has 0 radical (unpaired) electrons. The third kappa shape index (κ3) is 5.56. The van der Waals surface area contributed by atoms with Crippen LogP contribution in [0.5, 0.6) is 0 Å². The molecule has 2 aromatic heterocycles. The molecule has 0 saturated heterocycles. The van der Waals surface area contributed by atoms with Crippen LogP contribution in [0, 0.1) is 17.8 Å². The lowest BCUT2D eigenvalue weighted by molar-refractivity contribution is -0.00518. The number of hydrogen-bond acceptors (Lipinski definition) is 7. The fourth-order valence-corrected chi connectivity index (χ4v) is 7.83. The summed E-state index contributed by atoms with van der Waals surface area (Å²) in [6.07, 6.45) is 10.5. The normalized spacial score (nSPS) is 24.3. The molecule has 0 atom stereocenters. The quantitative estimate of drug-likeness (QED) is 0.290. The first-order chi connectivity index (χ1) is 20.0. The van der Waals surface area contributed by atoms with Crippen molar-refractivity contribution in [3.63, 3.8) is 0 Å². The average molecular weight is 589 g/mol. The Hall–Kier alpha value is -3.65. The summed E-state index contributed by atoms with van der Waals surface area (Å²) < 4.78 is 10.6. The Bertz CT molecular complexity index is 1470. The number of ether oxygens (including phenoxy) is 2. The van der Waals surface area contributed by atoms with Gasteiger partial charge in [-0.1, -0.05) is 17.7 Å². The maximum atomic E-state index is 13.3. The predicted octanol–water partition coefficient (Wildman–Crippen LogP) is 8.20. The lowest BCUT2D eigenvalue weighted by atomic mass is 9.48. The number of anilines is 4. The van der Waals surface area contributed by atoms with Crippen molar-refractivity contribution in [2.24, 2.45) is 17.8 Å². The van der Waals surface area contributed by atoms with E-state index in [2.05, 4.69) is 33.5 Å². The molecule has 7 rings (SSSR count). The summed E-state index contributed by atoms with van der Waals surface area (Å²) in [7, 11) is 1.27. The zero-order valence-corrected chi connectivity index (χ0v) is 25.3. The Morgan fingerprint density at radius 1 is 1.00 bits per heavy atom. The maximum absolute atomic E-state index is 13.3. The highest BCUT2D eigenvalue weighted by Crippen LogP contribution is 2.61. The van der Waals surface area contributed by atoms with E-state index in [1.807, 2.05) is 0 Å². The standard InChI is InChI=1S/C33H37ClN4O4/c1-32(2,3)42-31(40)38(29-25(30(39)41-4)6-5-11-35-29)28-10-8-24(19-36-28)37-27-9-7-23(15-26(27)34)33-16-20-12-21(17-33)14-22(13-20)18-33/h5-11,15,19-22,37H,12-14,16-18H2,1-4H3. The van der Waals surface area contributed by atoms with E-state index in [1.165, 1.54) is 68.4 Å². The fraction of sp³-hybridized carbons (Fsp3) is 0.455. The highest BCUT2D eigenvalue weighted by molar-refractivity contribution is 6.33. The molecule has 4 fully saturated rings. The lowest BCUT2D eigenvalue weighted by Crippen LogP contribution is -2.48. The van der Waals surface area contributed by atoms with Crippen molar-refractivity contribution in [2.75, 3.05) is 17.3 Å². The van der Waals surface area contributed by atoms with Crippen LogP contribution < -0.4 is 10.2 Å². The SMILES string of the molecule is COC(=O)c1cccnc1N(C(=O)OC(C)(C)C)c1ccc(Nc2ccc(C34CC5CC(CC(C5)C3)C4)cc2Cl)cn1. The van der Waals surface area contributed by atoms with Crippen LogP contribution in [-0.4, -0.2) is 34.7 Å². The van der Waals surface area contributed by atoms with Gasteiger partial charge in [-0.2, -0.15) is 0 Å². The second kappa shape index (κ2) is 10.9. The van der Waals surface area contributed by atoms with Crippen molar-refractivity contribution in [2.45, 2.75) is 70.3 Å². The molecule has 1 aromatic carbocycles. The van der Waals surface area contributed by atoms with Gasteiger partial charge in [-0.05, 0) is 124 Å². The topological polar surface area (TPSA) is 93.7 Å². The van der Waals surface area contributed by atoms with Crippen molar-refractivity contribution in [1.82, 2.24) is 9.97 Å². The highest BCUT2D eigenvalue weighted by Gasteiger charge is 2.51. The molecular formula is C33H37ClN4O4. The van der Waals surface area contributed by atoms with Crippen molar-refractivity contribution in [1.29, 1.82) is 0 Å². The molecule has 3 aromatic rings. The second-order valence-electron chi connectivity index (χ2n) is 13.1. The summed E-state index contributed by atoms with van der Waals surface area (Å²) in [5, 5.41) is 4.05. The summed E-state index contributed by atoms with van der Waals surface area (Å²) in [4.78, 5) is 35.8. The van der Waals surface area contributed by atoms with Gasteiger partial charge in [0.2, 0.25) is 0 Å². The van der Waals surface area contributed by atoms with Gasteiger partial charge in [0.25, 0.3) is 0 Å². The molecule has 2 heterocycles. The van der Waals surface area contributed by atoms with Gasteiger partial charge in [0.05, 0.1) is 29.7 Å². The summed E-state index contributed by atoms with van der Waals surface area (Å²) in [5.74, 6) is 2.28. The van der Waals surface area contributed by atoms with Gasteiger partial charge in [-0.3, -0.25) is 0 Å². The largest absolute Gasteiger partial charge is 0.465 e. The molecule has 4 saturated carbocycles. The molecule has 0 unspecified atom stereocenters. The number of rotatable bonds is 6. The molecule has 8 nitrogen and oxygen atoms in total. The van der Waals surface area contributed by atoms with E-state index < -0.39 is 17.7 Å². The minimum absolute atomic E-state index is 0.0649. The number of aromatic nitrogens is 2. The van der Waals surface area contributed by atoms with Gasteiger partial charge in [0.1, 0.15) is 17.0 Å². The van der Waals surface area contributed by atoms with Gasteiger partial charge in [0, 0.05) is 6.20 Å². The number of amides is 1. The van der Waals surface area contributed by atoms with Crippen LogP contribution in [0.4, 0.5) is 27.8 Å². The minimum atomic E-state index is -0.782. The Kier molecular flexibility index (Phi) is 7.37. The Morgan fingerprint density at radius 3 is 2.26 bits per heavy atom. The lowest BCUT2D eigenvalue weighted by Gasteiger charge is -2.57. The summed E-state index contributed by atoms with van der Waals surface area (Å²) in [6, 6.07) is 13.1. The van der Waals surface area contributed by atoms with Crippen LogP contribution in [0.25, 0.3) is 0 Å². The van der Waals surface area contributed by atoms with Crippen molar-refractivity contribution in [3.05, 3.63) is 71.0 Å². The van der Waals surface area contributed by atoms with Crippen LogP contribution in [-0.2, 0) is 14.9 Å². The van der Waals surface area contributed by atoms with Crippen LogP contribution >= 0.6 is 11.6 Å². The van der Waals surface area contributed by atoms with E-state index in [4.69, 9.17) is 21.1 Å². The molecule has 4 aliphatic carbocycles. The smallest absolute Gasteiger partial charge is 0.421 e. The number of carbonyl (C=O) groups excluding carboxylic acids is 2. The molecule has 1 amide bonds. The first kappa shape index (κ1) is 28.5. The Labute approximate surface area is 251 Å². The average Bonchev–Trinajstić information content (AvgIpc) is 2.93. The number of esters is 1. The number of nitrogens with one attached hydrogen (secondary N) is 1. The molecule has 9 heteroatoms. The Balaban J connectivity index is 1.25. The first-order valence-corrected chi connectivity index (χ1v) is 15.0. The van der Waals surface area contributed by atoms with Crippen molar-refractivity contribution < 1.29 is 19.1 Å². The van der Waals surface area contributed by atoms with Gasteiger partial charge in [-0.25, -0.2) is 24.5 Å². The van der Waals surface area contributed by atoms with E-state index in [9.17, 15) is 9.59 Å². The Morgan fingerprint density at radius 2 is 1.69 bits per heavy atom. The first-order valence-electron chi connectivity index (χ1n) is 14.6. The van der Waals surface area contributed by atoms with E-state index >= 15 is 0 Å². The summed E-state index contributed by atoms with van der Waals surface area (Å²) >= 11 is 6.84. The van der Waals surface area contributed by atoms with Gasteiger partial charge < -0.3 is 14.8 Å². The molecule has 4 bridgehead atoms.